The van der Waals surface area contributed by atoms with Crippen molar-refractivity contribution in [1.29, 1.82) is 0 Å². The van der Waals surface area contributed by atoms with E-state index in [0.717, 1.165) is 22.7 Å². The standard InChI is InChI=1S/C56H38N2/c1-3-16-39(17-4-1)45-22-9-10-23-49(45)51-24-11-13-28-54(51)57(44-35-37-56-53(38-44)52-25-12-14-29-55(52)58(56)42-19-5-2-6-20-42)43-33-30-41(31-34-43)47-26-15-27-48-46-21-8-7-18-40(46)32-36-50(47)48/h1-38H. The van der Waals surface area contributed by atoms with E-state index < -0.39 is 0 Å². The predicted octanol–water partition coefficient (Wildman–Crippen LogP) is 15.6. The van der Waals surface area contributed by atoms with Crippen molar-refractivity contribution in [3.63, 3.8) is 0 Å². The summed E-state index contributed by atoms with van der Waals surface area (Å²) >= 11 is 0. The van der Waals surface area contributed by atoms with Gasteiger partial charge in [-0.05, 0) is 104 Å². The minimum Gasteiger partial charge on any atom is -0.310 e. The molecule has 0 amide bonds. The first-order valence-electron chi connectivity index (χ1n) is 19.9. The molecule has 0 aliphatic heterocycles. The third-order valence-corrected chi connectivity index (χ3v) is 11.6. The Bertz CT molecular complexity index is 3270. The second-order valence-electron chi connectivity index (χ2n) is 14.9. The first-order valence-corrected chi connectivity index (χ1v) is 19.9. The number of hydrogen-bond donors (Lipinski definition) is 0. The van der Waals surface area contributed by atoms with Crippen LogP contribution in [0.25, 0.3) is 82.4 Å². The van der Waals surface area contributed by atoms with Gasteiger partial charge in [0.15, 0.2) is 0 Å². The highest BCUT2D eigenvalue weighted by Gasteiger charge is 2.21. The molecule has 0 aliphatic rings. The van der Waals surface area contributed by atoms with E-state index in [1.807, 2.05) is 0 Å². The van der Waals surface area contributed by atoms with E-state index in [0.29, 0.717) is 0 Å². The van der Waals surface area contributed by atoms with Crippen molar-refractivity contribution in [3.05, 3.63) is 231 Å². The number of benzene rings is 10. The van der Waals surface area contributed by atoms with Gasteiger partial charge in [0.1, 0.15) is 0 Å². The highest BCUT2D eigenvalue weighted by molar-refractivity contribution is 6.13. The molecule has 2 heteroatoms. The molecule has 11 rings (SSSR count). The Morgan fingerprint density at radius 3 is 1.71 bits per heavy atom. The van der Waals surface area contributed by atoms with Crippen molar-refractivity contribution < 1.29 is 0 Å². The summed E-state index contributed by atoms with van der Waals surface area (Å²) in [5, 5.41) is 7.51. The van der Waals surface area contributed by atoms with Gasteiger partial charge in [-0.15, -0.1) is 0 Å². The molecule has 0 bridgehead atoms. The van der Waals surface area contributed by atoms with E-state index in [1.165, 1.54) is 76.7 Å². The molecule has 0 saturated heterocycles. The fourth-order valence-electron chi connectivity index (χ4n) is 8.95. The summed E-state index contributed by atoms with van der Waals surface area (Å²) in [5.41, 5.74) is 14.0. The molecule has 0 unspecified atom stereocenters. The van der Waals surface area contributed by atoms with E-state index in [4.69, 9.17) is 0 Å². The molecule has 0 radical (unpaired) electrons. The van der Waals surface area contributed by atoms with Crippen molar-refractivity contribution in [1.82, 2.24) is 4.57 Å². The van der Waals surface area contributed by atoms with Crippen LogP contribution in [0.3, 0.4) is 0 Å². The normalized spacial score (nSPS) is 11.4. The molecule has 0 atom stereocenters. The molecule has 58 heavy (non-hydrogen) atoms. The zero-order chi connectivity index (χ0) is 38.4. The third-order valence-electron chi connectivity index (χ3n) is 11.6. The third kappa shape index (κ3) is 5.66. The van der Waals surface area contributed by atoms with Crippen LogP contribution in [0.15, 0.2) is 231 Å². The van der Waals surface area contributed by atoms with E-state index >= 15 is 0 Å². The van der Waals surface area contributed by atoms with Crippen LogP contribution >= 0.6 is 0 Å². The maximum atomic E-state index is 2.44. The average Bonchev–Trinajstić information content (AvgIpc) is 3.63. The fraction of sp³-hybridized carbons (Fsp3) is 0. The minimum atomic E-state index is 1.09. The van der Waals surface area contributed by atoms with Gasteiger partial charge < -0.3 is 9.47 Å². The van der Waals surface area contributed by atoms with Crippen LogP contribution in [0.1, 0.15) is 0 Å². The quantitative estimate of drug-likeness (QED) is 0.148. The van der Waals surface area contributed by atoms with Gasteiger partial charge in [-0.2, -0.15) is 0 Å². The Balaban J connectivity index is 1.12. The number of para-hydroxylation sites is 3. The number of rotatable bonds is 7. The highest BCUT2D eigenvalue weighted by Crippen LogP contribution is 2.46. The lowest BCUT2D eigenvalue weighted by Gasteiger charge is -2.29. The molecule has 0 spiro atoms. The topological polar surface area (TPSA) is 8.17 Å². The maximum Gasteiger partial charge on any atom is 0.0542 e. The zero-order valence-corrected chi connectivity index (χ0v) is 31.8. The van der Waals surface area contributed by atoms with Gasteiger partial charge in [0, 0.05) is 33.4 Å². The zero-order valence-electron chi connectivity index (χ0n) is 31.8. The van der Waals surface area contributed by atoms with Crippen LogP contribution in [-0.4, -0.2) is 4.57 Å². The molecule has 0 aliphatic carbocycles. The summed E-state index contributed by atoms with van der Waals surface area (Å²) in [4.78, 5) is 2.44. The van der Waals surface area contributed by atoms with Crippen LogP contribution in [0, 0.1) is 0 Å². The Morgan fingerprint density at radius 1 is 0.293 bits per heavy atom. The maximum absolute atomic E-state index is 2.44. The summed E-state index contributed by atoms with van der Waals surface area (Å²) < 4.78 is 2.38. The van der Waals surface area contributed by atoms with Gasteiger partial charge in [0.25, 0.3) is 0 Å². The van der Waals surface area contributed by atoms with Crippen molar-refractivity contribution in [3.8, 4) is 39.1 Å². The first kappa shape index (κ1) is 33.6. The summed E-state index contributed by atoms with van der Waals surface area (Å²) in [5.74, 6) is 0. The monoisotopic (exact) mass is 738 g/mol. The smallest absolute Gasteiger partial charge is 0.0542 e. The van der Waals surface area contributed by atoms with Gasteiger partial charge in [-0.3, -0.25) is 0 Å². The fourth-order valence-corrected chi connectivity index (χ4v) is 8.95. The van der Waals surface area contributed by atoms with Crippen LogP contribution in [0.4, 0.5) is 17.1 Å². The highest BCUT2D eigenvalue weighted by atomic mass is 15.1. The Morgan fingerprint density at radius 2 is 0.879 bits per heavy atom. The molecule has 1 aromatic heterocycles. The molecular formula is C56H38N2. The molecule has 11 aromatic rings. The van der Waals surface area contributed by atoms with E-state index in [1.54, 1.807) is 0 Å². The average molecular weight is 739 g/mol. The Hall–Kier alpha value is -7.68. The van der Waals surface area contributed by atoms with E-state index in [-0.39, 0.29) is 0 Å². The number of hydrogen-bond acceptors (Lipinski definition) is 1. The molecule has 2 nitrogen and oxygen atoms in total. The van der Waals surface area contributed by atoms with Crippen LogP contribution in [-0.2, 0) is 0 Å². The Labute approximate surface area is 338 Å². The summed E-state index contributed by atoms with van der Waals surface area (Å²) in [6, 6.07) is 83.7. The molecule has 0 saturated carbocycles. The predicted molar refractivity (Wildman–Crippen MR) is 247 cm³/mol. The lowest BCUT2D eigenvalue weighted by atomic mass is 9.92. The lowest BCUT2D eigenvalue weighted by molar-refractivity contribution is 1.18. The largest absolute Gasteiger partial charge is 0.310 e. The van der Waals surface area contributed by atoms with Crippen molar-refractivity contribution in [2.45, 2.75) is 0 Å². The molecule has 10 aromatic carbocycles. The number of fused-ring (bicyclic) bond motifs is 6. The molecule has 0 fully saturated rings. The molecule has 0 N–H and O–H groups in total. The van der Waals surface area contributed by atoms with E-state index in [9.17, 15) is 0 Å². The molecule has 1 heterocycles. The number of aromatic nitrogens is 1. The van der Waals surface area contributed by atoms with Gasteiger partial charge >= 0.3 is 0 Å². The SMILES string of the molecule is c1ccc(-c2ccccc2-c2ccccc2N(c2ccc(-c3cccc4c3ccc3ccccc34)cc2)c2ccc3c(c2)c2ccccc2n3-c2ccccc2)cc1. The van der Waals surface area contributed by atoms with Crippen molar-refractivity contribution >= 4 is 60.4 Å². The second kappa shape index (κ2) is 14.1. The lowest BCUT2D eigenvalue weighted by Crippen LogP contribution is -2.11. The number of nitrogens with zero attached hydrogens (tertiary/aromatic N) is 2. The van der Waals surface area contributed by atoms with Crippen LogP contribution < -0.4 is 4.90 Å². The first-order chi connectivity index (χ1) is 28.8. The number of anilines is 3. The van der Waals surface area contributed by atoms with Gasteiger partial charge in [-0.1, -0.05) is 176 Å². The summed E-state index contributed by atoms with van der Waals surface area (Å²) in [7, 11) is 0. The molecular weight excluding hydrogens is 701 g/mol. The van der Waals surface area contributed by atoms with Crippen molar-refractivity contribution in [2.75, 3.05) is 4.90 Å². The summed E-state index contributed by atoms with van der Waals surface area (Å²) in [6.45, 7) is 0. The minimum absolute atomic E-state index is 1.09. The Kier molecular flexibility index (Phi) is 8.19. The summed E-state index contributed by atoms with van der Waals surface area (Å²) in [6.07, 6.45) is 0. The second-order valence-corrected chi connectivity index (χ2v) is 14.9. The van der Waals surface area contributed by atoms with Gasteiger partial charge in [0.05, 0.1) is 16.7 Å². The van der Waals surface area contributed by atoms with Crippen LogP contribution in [0.2, 0.25) is 0 Å². The van der Waals surface area contributed by atoms with Gasteiger partial charge in [0.2, 0.25) is 0 Å². The van der Waals surface area contributed by atoms with Crippen molar-refractivity contribution in [2.24, 2.45) is 0 Å². The van der Waals surface area contributed by atoms with E-state index in [2.05, 4.69) is 240 Å². The van der Waals surface area contributed by atoms with Gasteiger partial charge in [-0.25, -0.2) is 0 Å². The van der Waals surface area contributed by atoms with Crippen LogP contribution in [0.5, 0.6) is 0 Å². The molecule has 272 valence electrons.